The fourth-order valence-electron chi connectivity index (χ4n) is 4.11. The summed E-state index contributed by atoms with van der Waals surface area (Å²) in [6.07, 6.45) is 6.07. The first-order chi connectivity index (χ1) is 14.1. The van der Waals surface area contributed by atoms with E-state index in [0.29, 0.717) is 17.9 Å². The van der Waals surface area contributed by atoms with E-state index in [9.17, 15) is 19.5 Å². The van der Waals surface area contributed by atoms with Crippen molar-refractivity contribution < 1.29 is 14.7 Å². The maximum absolute atomic E-state index is 12.7. The van der Waals surface area contributed by atoms with E-state index in [0.717, 1.165) is 23.8 Å². The summed E-state index contributed by atoms with van der Waals surface area (Å²) in [5.41, 5.74) is 4.84. The standard InChI is InChI=1S/C21H29N5O4/c1-12(2)11-24-16-10-15(23-26(16)21(30)18(19(22)28)20(24)29)8-9-17(27)25-13(3)6-5-7-14(25)4/h8-10,12-14,30H,5-7,11H2,1-4H3,(H2,22,28)/b9-8+/t13-,14+. The zero-order chi connectivity index (χ0) is 22.2. The number of aromatic nitrogens is 3. The number of piperidine rings is 1. The SMILES string of the molecule is CC(C)Cn1c(=O)c(C(N)=O)c(O)n2nc(/C=C/C(=O)N3[C@H](C)CCC[C@@H]3C)cc12. The predicted molar refractivity (Wildman–Crippen MR) is 113 cm³/mol. The number of fused-ring (bicyclic) bond motifs is 1. The van der Waals surface area contributed by atoms with Crippen molar-refractivity contribution in [2.45, 2.75) is 65.6 Å². The minimum Gasteiger partial charge on any atom is -0.492 e. The normalized spacial score (nSPS) is 19.8. The summed E-state index contributed by atoms with van der Waals surface area (Å²) in [4.78, 5) is 39.0. The number of carbonyl (C=O) groups is 2. The fourth-order valence-corrected chi connectivity index (χ4v) is 4.11. The lowest BCUT2D eigenvalue weighted by atomic mass is 9.97. The van der Waals surface area contributed by atoms with Gasteiger partial charge in [0, 0.05) is 30.8 Å². The van der Waals surface area contributed by atoms with Crippen molar-refractivity contribution in [2.24, 2.45) is 11.7 Å². The van der Waals surface area contributed by atoms with E-state index in [1.807, 2.05) is 32.6 Å². The Bertz CT molecular complexity index is 1060. The summed E-state index contributed by atoms with van der Waals surface area (Å²) < 4.78 is 2.48. The highest BCUT2D eigenvalue weighted by Crippen LogP contribution is 2.23. The Labute approximate surface area is 174 Å². The number of carbonyl (C=O) groups excluding carboxylic acids is 2. The Kier molecular flexibility index (Phi) is 6.00. The molecule has 0 unspecified atom stereocenters. The van der Waals surface area contributed by atoms with Crippen LogP contribution in [0.2, 0.25) is 0 Å². The third-order valence-electron chi connectivity index (χ3n) is 5.51. The van der Waals surface area contributed by atoms with Crippen LogP contribution in [0.3, 0.4) is 0 Å². The molecule has 30 heavy (non-hydrogen) atoms. The molecule has 1 saturated heterocycles. The van der Waals surface area contributed by atoms with Gasteiger partial charge in [-0.1, -0.05) is 13.8 Å². The monoisotopic (exact) mass is 415 g/mol. The molecule has 162 valence electrons. The first-order valence-electron chi connectivity index (χ1n) is 10.3. The van der Waals surface area contributed by atoms with Gasteiger partial charge in [-0.05, 0) is 45.1 Å². The highest BCUT2D eigenvalue weighted by Gasteiger charge is 2.27. The Balaban J connectivity index is 2.03. The molecule has 1 aliphatic rings. The lowest BCUT2D eigenvalue weighted by molar-refractivity contribution is -0.131. The second-order valence-corrected chi connectivity index (χ2v) is 8.42. The molecule has 0 radical (unpaired) electrons. The number of nitrogens with zero attached hydrogens (tertiary/aromatic N) is 4. The van der Waals surface area contributed by atoms with Crippen LogP contribution >= 0.6 is 0 Å². The van der Waals surface area contributed by atoms with Crippen molar-refractivity contribution in [3.8, 4) is 5.88 Å². The molecule has 3 N–H and O–H groups in total. The van der Waals surface area contributed by atoms with Crippen molar-refractivity contribution >= 4 is 23.5 Å². The molecule has 2 aromatic rings. The van der Waals surface area contributed by atoms with Crippen molar-refractivity contribution in [3.05, 3.63) is 33.8 Å². The van der Waals surface area contributed by atoms with E-state index in [-0.39, 0.29) is 23.9 Å². The number of hydrogen-bond acceptors (Lipinski definition) is 5. The van der Waals surface area contributed by atoms with Crippen molar-refractivity contribution in [1.29, 1.82) is 0 Å². The smallest absolute Gasteiger partial charge is 0.270 e. The lowest BCUT2D eigenvalue weighted by Gasteiger charge is -2.38. The highest BCUT2D eigenvalue weighted by atomic mass is 16.3. The Morgan fingerprint density at radius 2 is 1.93 bits per heavy atom. The third kappa shape index (κ3) is 3.96. The number of likely N-dealkylation sites (tertiary alicyclic amines) is 1. The van der Waals surface area contributed by atoms with Crippen molar-refractivity contribution in [2.75, 3.05) is 0 Å². The number of primary amides is 1. The third-order valence-corrected chi connectivity index (χ3v) is 5.51. The molecule has 0 saturated carbocycles. The number of hydrogen-bond donors (Lipinski definition) is 2. The first kappa shape index (κ1) is 21.6. The first-order valence-corrected chi connectivity index (χ1v) is 10.3. The van der Waals surface area contributed by atoms with Gasteiger partial charge in [0.15, 0.2) is 5.56 Å². The topological polar surface area (TPSA) is 123 Å². The van der Waals surface area contributed by atoms with Crippen LogP contribution < -0.4 is 11.3 Å². The van der Waals surface area contributed by atoms with Crippen LogP contribution in [0.15, 0.2) is 16.9 Å². The summed E-state index contributed by atoms with van der Waals surface area (Å²) in [6.45, 7) is 8.26. The zero-order valence-electron chi connectivity index (χ0n) is 17.8. The van der Waals surface area contributed by atoms with Crippen molar-refractivity contribution in [1.82, 2.24) is 19.1 Å². The van der Waals surface area contributed by atoms with Crippen LogP contribution in [0, 0.1) is 5.92 Å². The minimum atomic E-state index is -1.02. The Morgan fingerprint density at radius 1 is 1.30 bits per heavy atom. The van der Waals surface area contributed by atoms with Gasteiger partial charge in [0.1, 0.15) is 5.65 Å². The van der Waals surface area contributed by atoms with E-state index >= 15 is 0 Å². The average Bonchev–Trinajstić information content (AvgIpc) is 3.07. The van der Waals surface area contributed by atoms with Gasteiger partial charge in [-0.15, -0.1) is 0 Å². The molecule has 1 aliphatic heterocycles. The summed E-state index contributed by atoms with van der Waals surface area (Å²) in [6, 6.07) is 1.94. The second kappa shape index (κ2) is 8.33. The quantitative estimate of drug-likeness (QED) is 0.721. The Morgan fingerprint density at radius 3 is 2.50 bits per heavy atom. The summed E-state index contributed by atoms with van der Waals surface area (Å²) in [5, 5.41) is 14.7. The van der Waals surface area contributed by atoms with E-state index in [1.165, 1.54) is 10.6 Å². The van der Waals surface area contributed by atoms with Gasteiger partial charge >= 0.3 is 0 Å². The number of nitrogens with two attached hydrogens (primary N) is 1. The second-order valence-electron chi connectivity index (χ2n) is 8.42. The van der Waals surface area contributed by atoms with E-state index in [1.54, 1.807) is 12.1 Å². The largest absolute Gasteiger partial charge is 0.492 e. The van der Waals surface area contributed by atoms with Gasteiger partial charge in [0.2, 0.25) is 11.8 Å². The Hall–Kier alpha value is -3.10. The van der Waals surface area contributed by atoms with E-state index in [2.05, 4.69) is 5.10 Å². The maximum atomic E-state index is 12.7. The molecular weight excluding hydrogens is 386 g/mol. The molecule has 2 atom stereocenters. The van der Waals surface area contributed by atoms with Gasteiger partial charge in [0.25, 0.3) is 11.5 Å². The van der Waals surface area contributed by atoms with Crippen LogP contribution in [-0.4, -0.2) is 48.1 Å². The lowest BCUT2D eigenvalue weighted by Crippen LogP contribution is -2.46. The highest BCUT2D eigenvalue weighted by molar-refractivity contribution is 5.95. The summed E-state index contributed by atoms with van der Waals surface area (Å²) in [5.74, 6) is -1.62. The number of rotatable bonds is 5. The van der Waals surface area contributed by atoms with Crippen LogP contribution in [0.1, 0.15) is 63.0 Å². The molecule has 2 amide bonds. The van der Waals surface area contributed by atoms with Gasteiger partial charge in [-0.25, -0.2) is 0 Å². The van der Waals surface area contributed by atoms with Gasteiger partial charge < -0.3 is 15.7 Å². The minimum absolute atomic E-state index is 0.103. The molecule has 9 nitrogen and oxygen atoms in total. The summed E-state index contributed by atoms with van der Waals surface area (Å²) >= 11 is 0. The number of aromatic hydroxyl groups is 1. The summed E-state index contributed by atoms with van der Waals surface area (Å²) in [7, 11) is 0. The molecule has 0 aromatic carbocycles. The van der Waals surface area contributed by atoms with Crippen LogP contribution in [-0.2, 0) is 11.3 Å². The predicted octanol–water partition coefficient (Wildman–Crippen LogP) is 1.76. The van der Waals surface area contributed by atoms with Crippen LogP contribution in [0.5, 0.6) is 5.88 Å². The van der Waals surface area contributed by atoms with Crippen molar-refractivity contribution in [3.63, 3.8) is 0 Å². The molecular formula is C21H29N5O4. The molecule has 2 aromatic heterocycles. The fraction of sp³-hybridized carbons (Fsp3) is 0.524. The molecule has 3 rings (SSSR count). The maximum Gasteiger partial charge on any atom is 0.270 e. The average molecular weight is 415 g/mol. The molecule has 0 bridgehead atoms. The number of amides is 2. The van der Waals surface area contributed by atoms with Gasteiger partial charge in [0.05, 0.1) is 5.69 Å². The van der Waals surface area contributed by atoms with E-state index < -0.39 is 22.9 Å². The molecule has 3 heterocycles. The van der Waals surface area contributed by atoms with Gasteiger partial charge in [-0.3, -0.25) is 19.0 Å². The van der Waals surface area contributed by atoms with Gasteiger partial charge in [-0.2, -0.15) is 9.61 Å². The molecule has 0 aliphatic carbocycles. The van der Waals surface area contributed by atoms with Crippen LogP contribution in [0.4, 0.5) is 0 Å². The van der Waals surface area contributed by atoms with Crippen LogP contribution in [0.25, 0.3) is 11.7 Å². The molecule has 1 fully saturated rings. The molecule has 9 heteroatoms. The molecule has 0 spiro atoms. The van der Waals surface area contributed by atoms with E-state index in [4.69, 9.17) is 5.73 Å². The zero-order valence-corrected chi connectivity index (χ0v) is 17.8.